The van der Waals surface area contributed by atoms with Crippen molar-refractivity contribution < 1.29 is 18.7 Å². The molecule has 1 heterocycles. The van der Waals surface area contributed by atoms with Gasteiger partial charge in [0.15, 0.2) is 5.78 Å². The van der Waals surface area contributed by atoms with E-state index in [1.54, 1.807) is 17.0 Å². The molecule has 1 amide bonds. The molecule has 34 heavy (non-hydrogen) atoms. The van der Waals surface area contributed by atoms with E-state index in [9.17, 15) is 14.0 Å². The second kappa shape index (κ2) is 9.26. The summed E-state index contributed by atoms with van der Waals surface area (Å²) in [6, 6.07) is 21.8. The minimum atomic E-state index is -0.357. The SMILES string of the molecule is Cc1ccc(COc2ccc(C3CC(=O)N(c4ccc(F)cc4)C4=C3C(=O)CCC4)cc2)cc1. The van der Waals surface area contributed by atoms with E-state index in [1.165, 1.54) is 17.7 Å². The molecule has 0 fully saturated rings. The highest BCUT2D eigenvalue weighted by atomic mass is 19.1. The van der Waals surface area contributed by atoms with Crippen LogP contribution in [0.5, 0.6) is 5.75 Å². The lowest BCUT2D eigenvalue weighted by Crippen LogP contribution is -2.40. The predicted octanol–water partition coefficient (Wildman–Crippen LogP) is 6.24. The fraction of sp³-hybridized carbons (Fsp3) is 0.241. The van der Waals surface area contributed by atoms with Crippen LogP contribution in [-0.4, -0.2) is 11.7 Å². The summed E-state index contributed by atoms with van der Waals surface area (Å²) in [5.41, 5.74) is 5.30. The minimum absolute atomic E-state index is 0.0789. The number of hydrogen-bond acceptors (Lipinski definition) is 3. The number of benzene rings is 3. The molecule has 0 bridgehead atoms. The predicted molar refractivity (Wildman–Crippen MR) is 129 cm³/mol. The van der Waals surface area contributed by atoms with Crippen molar-refractivity contribution in [3.05, 3.63) is 107 Å². The van der Waals surface area contributed by atoms with Gasteiger partial charge in [-0.05, 0) is 67.3 Å². The van der Waals surface area contributed by atoms with Gasteiger partial charge in [0, 0.05) is 35.7 Å². The molecule has 1 aliphatic carbocycles. The summed E-state index contributed by atoms with van der Waals surface area (Å²) in [7, 11) is 0. The summed E-state index contributed by atoms with van der Waals surface area (Å²) in [5.74, 6) is 0.113. The number of amides is 1. The van der Waals surface area contributed by atoms with Crippen molar-refractivity contribution in [3.8, 4) is 5.75 Å². The Labute approximate surface area is 198 Å². The number of halogens is 1. The van der Waals surface area contributed by atoms with E-state index in [0.717, 1.165) is 22.6 Å². The number of carbonyl (C=O) groups excluding carboxylic acids is 2. The number of carbonyl (C=O) groups is 2. The largest absolute Gasteiger partial charge is 0.489 e. The highest BCUT2D eigenvalue weighted by Gasteiger charge is 2.39. The summed E-state index contributed by atoms with van der Waals surface area (Å²) in [6.07, 6.45) is 2.05. The van der Waals surface area contributed by atoms with Crippen LogP contribution in [0.3, 0.4) is 0 Å². The fourth-order valence-corrected chi connectivity index (χ4v) is 4.81. The number of anilines is 1. The Morgan fingerprint density at radius 3 is 2.32 bits per heavy atom. The number of rotatable bonds is 5. The van der Waals surface area contributed by atoms with Gasteiger partial charge in [0.25, 0.3) is 0 Å². The van der Waals surface area contributed by atoms with Crippen LogP contribution in [0.15, 0.2) is 84.1 Å². The molecule has 1 aliphatic heterocycles. The van der Waals surface area contributed by atoms with E-state index in [-0.39, 0.29) is 29.8 Å². The van der Waals surface area contributed by atoms with E-state index in [0.29, 0.717) is 37.1 Å². The number of ketones is 1. The van der Waals surface area contributed by atoms with E-state index < -0.39 is 0 Å². The molecule has 172 valence electrons. The monoisotopic (exact) mass is 455 g/mol. The zero-order valence-electron chi connectivity index (χ0n) is 19.1. The van der Waals surface area contributed by atoms with Crippen molar-refractivity contribution in [1.82, 2.24) is 0 Å². The van der Waals surface area contributed by atoms with Gasteiger partial charge in [-0.2, -0.15) is 0 Å². The first-order valence-electron chi connectivity index (χ1n) is 11.6. The lowest BCUT2D eigenvalue weighted by atomic mass is 9.77. The van der Waals surface area contributed by atoms with Gasteiger partial charge >= 0.3 is 0 Å². The maximum atomic E-state index is 13.4. The Bertz CT molecular complexity index is 1240. The molecule has 5 rings (SSSR count). The topological polar surface area (TPSA) is 46.6 Å². The highest BCUT2D eigenvalue weighted by Crippen LogP contribution is 2.43. The first kappa shape index (κ1) is 22.1. The molecule has 0 N–H and O–H groups in total. The van der Waals surface area contributed by atoms with Crippen molar-refractivity contribution in [2.75, 3.05) is 4.90 Å². The Morgan fingerprint density at radius 2 is 1.62 bits per heavy atom. The molecule has 5 heteroatoms. The summed E-state index contributed by atoms with van der Waals surface area (Å²) in [6.45, 7) is 2.53. The molecule has 4 nitrogen and oxygen atoms in total. The van der Waals surface area contributed by atoms with Crippen LogP contribution < -0.4 is 9.64 Å². The lowest BCUT2D eigenvalue weighted by Gasteiger charge is -2.38. The van der Waals surface area contributed by atoms with Gasteiger partial charge in [-0.1, -0.05) is 42.0 Å². The molecule has 3 aromatic carbocycles. The molecule has 0 aromatic heterocycles. The van der Waals surface area contributed by atoms with Crippen LogP contribution >= 0.6 is 0 Å². The molecule has 1 unspecified atom stereocenters. The Kier molecular flexibility index (Phi) is 6.01. The van der Waals surface area contributed by atoms with Crippen LogP contribution in [0.4, 0.5) is 10.1 Å². The first-order valence-corrected chi connectivity index (χ1v) is 11.6. The minimum Gasteiger partial charge on any atom is -0.489 e. The van der Waals surface area contributed by atoms with Gasteiger partial charge in [0.05, 0.1) is 0 Å². The van der Waals surface area contributed by atoms with Gasteiger partial charge in [0.1, 0.15) is 18.2 Å². The molecular formula is C29H26FNO3. The van der Waals surface area contributed by atoms with E-state index >= 15 is 0 Å². The number of Topliss-reactive ketones (excluding diaryl/α,β-unsaturated/α-hetero) is 1. The maximum absolute atomic E-state index is 13.4. The molecule has 2 aliphatic rings. The zero-order valence-corrected chi connectivity index (χ0v) is 19.1. The number of nitrogens with zero attached hydrogens (tertiary/aromatic N) is 1. The molecule has 1 atom stereocenters. The quantitative estimate of drug-likeness (QED) is 0.457. The summed E-state index contributed by atoms with van der Waals surface area (Å²) in [4.78, 5) is 27.9. The van der Waals surface area contributed by atoms with Crippen LogP contribution in [0.25, 0.3) is 0 Å². The summed E-state index contributed by atoms with van der Waals surface area (Å²) < 4.78 is 19.4. The molecule has 0 saturated carbocycles. The van der Waals surface area contributed by atoms with Crippen LogP contribution in [0.1, 0.15) is 48.3 Å². The number of hydrogen-bond donors (Lipinski definition) is 0. The van der Waals surface area contributed by atoms with Gasteiger partial charge in [-0.3, -0.25) is 14.5 Å². The van der Waals surface area contributed by atoms with Crippen molar-refractivity contribution in [3.63, 3.8) is 0 Å². The van der Waals surface area contributed by atoms with Crippen molar-refractivity contribution in [1.29, 1.82) is 0 Å². The third-order valence-corrected chi connectivity index (χ3v) is 6.57. The van der Waals surface area contributed by atoms with Gasteiger partial charge < -0.3 is 4.74 Å². The van der Waals surface area contributed by atoms with E-state index in [2.05, 4.69) is 19.1 Å². The third-order valence-electron chi connectivity index (χ3n) is 6.57. The van der Waals surface area contributed by atoms with E-state index in [4.69, 9.17) is 4.74 Å². The first-order chi connectivity index (χ1) is 16.5. The smallest absolute Gasteiger partial charge is 0.232 e. The molecule has 3 aromatic rings. The lowest BCUT2D eigenvalue weighted by molar-refractivity contribution is -0.119. The van der Waals surface area contributed by atoms with Gasteiger partial charge in [-0.25, -0.2) is 4.39 Å². The third kappa shape index (κ3) is 4.38. The second-order valence-electron chi connectivity index (χ2n) is 8.94. The maximum Gasteiger partial charge on any atom is 0.232 e. The molecule has 0 saturated heterocycles. The normalized spacial score (nSPS) is 18.2. The Morgan fingerprint density at radius 1 is 0.912 bits per heavy atom. The van der Waals surface area contributed by atoms with Crippen molar-refractivity contribution in [2.24, 2.45) is 0 Å². The van der Waals surface area contributed by atoms with Crippen molar-refractivity contribution >= 4 is 17.4 Å². The average Bonchev–Trinajstić information content (AvgIpc) is 2.84. The average molecular weight is 456 g/mol. The second-order valence-corrected chi connectivity index (χ2v) is 8.94. The number of aryl methyl sites for hydroxylation is 1. The molecule has 0 radical (unpaired) electrons. The fourth-order valence-electron chi connectivity index (χ4n) is 4.81. The number of allylic oxidation sites excluding steroid dienone is 2. The highest BCUT2D eigenvalue weighted by molar-refractivity contribution is 6.07. The standard InChI is InChI=1S/C29H26FNO3/c1-19-5-7-20(8-6-19)18-34-24-15-9-21(10-16-24)25-17-28(33)31(23-13-11-22(30)12-14-23)26-3-2-4-27(32)29(25)26/h5-16,25H,2-4,17-18H2,1H3. The molecule has 0 spiro atoms. The van der Waals surface area contributed by atoms with Gasteiger partial charge in [0.2, 0.25) is 5.91 Å². The summed E-state index contributed by atoms with van der Waals surface area (Å²) >= 11 is 0. The van der Waals surface area contributed by atoms with Crippen LogP contribution in [-0.2, 0) is 16.2 Å². The van der Waals surface area contributed by atoms with Crippen LogP contribution in [0, 0.1) is 12.7 Å². The van der Waals surface area contributed by atoms with E-state index in [1.807, 2.05) is 36.4 Å². The Hall–Kier alpha value is -3.73. The summed E-state index contributed by atoms with van der Waals surface area (Å²) in [5, 5.41) is 0. The van der Waals surface area contributed by atoms with Gasteiger partial charge in [-0.15, -0.1) is 0 Å². The van der Waals surface area contributed by atoms with Crippen LogP contribution in [0.2, 0.25) is 0 Å². The zero-order chi connectivity index (χ0) is 23.7. The van der Waals surface area contributed by atoms with Crippen molar-refractivity contribution in [2.45, 2.75) is 45.1 Å². The molecular weight excluding hydrogens is 429 g/mol. The number of ether oxygens (including phenoxy) is 1. The Balaban J connectivity index is 1.41.